The van der Waals surface area contributed by atoms with Gasteiger partial charge in [0.1, 0.15) is 5.92 Å². The molecule has 6 nitrogen and oxygen atoms in total. The van der Waals surface area contributed by atoms with E-state index in [0.717, 1.165) is 5.56 Å². The minimum absolute atomic E-state index is 0.304. The van der Waals surface area contributed by atoms with E-state index in [1.165, 1.54) is 6.92 Å². The topological polar surface area (TPSA) is 89.9 Å². The van der Waals surface area contributed by atoms with Gasteiger partial charge in [0, 0.05) is 12.3 Å². The third kappa shape index (κ3) is 5.28. The van der Waals surface area contributed by atoms with Gasteiger partial charge in [0.15, 0.2) is 5.78 Å². The summed E-state index contributed by atoms with van der Waals surface area (Å²) in [5.41, 5.74) is 0.0818. The minimum atomic E-state index is -1.64. The molecule has 1 fully saturated rings. The second kappa shape index (κ2) is 9.29. The van der Waals surface area contributed by atoms with Crippen LogP contribution >= 0.6 is 0 Å². The summed E-state index contributed by atoms with van der Waals surface area (Å²) in [7, 11) is 0. The van der Waals surface area contributed by atoms with Gasteiger partial charge in [-0.1, -0.05) is 38.1 Å². The fourth-order valence-electron chi connectivity index (χ4n) is 4.13. The summed E-state index contributed by atoms with van der Waals surface area (Å²) in [5.74, 6) is -4.56. The molecule has 0 spiro atoms. The fourth-order valence-corrected chi connectivity index (χ4v) is 4.13. The molecule has 0 bridgehead atoms. The lowest BCUT2D eigenvalue weighted by molar-refractivity contribution is -0.176. The van der Waals surface area contributed by atoms with Crippen LogP contribution in [0, 0.1) is 11.8 Å². The molecule has 2 rings (SSSR count). The monoisotopic (exact) mass is 418 g/mol. The van der Waals surface area contributed by atoms with E-state index in [0.29, 0.717) is 11.5 Å². The van der Waals surface area contributed by atoms with Crippen LogP contribution in [0.2, 0.25) is 0 Å². The predicted molar refractivity (Wildman–Crippen MR) is 113 cm³/mol. The lowest BCUT2D eigenvalue weighted by Gasteiger charge is -2.44. The summed E-state index contributed by atoms with van der Waals surface area (Å²) in [6.07, 6.45) is -1.11. The van der Waals surface area contributed by atoms with Gasteiger partial charge in [-0.3, -0.25) is 14.4 Å². The number of benzene rings is 1. The standard InChI is InChI=1S/C24H34O6/c1-13(2)16-8-10-17(11-9-16)19-20(22(26)29-14(3)4)18(25)12-24(7,28)21(19)23(27)30-15(5)6/h8-11,13-15,19-21,28H,12H2,1-7H3/t19-,20-,21+,24+/m1/s1. The first-order chi connectivity index (χ1) is 13.8. The Morgan fingerprint density at radius 1 is 0.967 bits per heavy atom. The predicted octanol–water partition coefficient (Wildman–Crippen LogP) is 3.75. The normalized spacial score (nSPS) is 26.9. The summed E-state index contributed by atoms with van der Waals surface area (Å²) in [4.78, 5) is 38.9. The summed E-state index contributed by atoms with van der Waals surface area (Å²) in [6.45, 7) is 12.4. The highest BCUT2D eigenvalue weighted by Gasteiger charge is 2.57. The number of esters is 2. The summed E-state index contributed by atoms with van der Waals surface area (Å²) in [6, 6.07) is 7.48. The van der Waals surface area contributed by atoms with E-state index < -0.39 is 53.3 Å². The molecule has 1 aliphatic rings. The average Bonchev–Trinajstić information content (AvgIpc) is 2.58. The van der Waals surface area contributed by atoms with Gasteiger partial charge in [0.2, 0.25) is 0 Å². The van der Waals surface area contributed by atoms with E-state index in [4.69, 9.17) is 9.47 Å². The Morgan fingerprint density at radius 2 is 1.47 bits per heavy atom. The van der Waals surface area contributed by atoms with Crippen molar-refractivity contribution in [2.45, 2.75) is 84.5 Å². The molecular formula is C24H34O6. The maximum absolute atomic E-state index is 13.0. The first-order valence-corrected chi connectivity index (χ1v) is 10.6. The number of carbonyl (C=O) groups is 3. The number of Topliss-reactive ketones (excluding diaryl/α,β-unsaturated/α-hetero) is 1. The second-order valence-corrected chi connectivity index (χ2v) is 9.27. The number of hydrogen-bond donors (Lipinski definition) is 1. The molecule has 1 aliphatic carbocycles. The number of carbonyl (C=O) groups excluding carboxylic acids is 3. The molecule has 4 atom stereocenters. The van der Waals surface area contributed by atoms with Gasteiger partial charge < -0.3 is 14.6 Å². The molecule has 0 aliphatic heterocycles. The first-order valence-electron chi connectivity index (χ1n) is 10.6. The quantitative estimate of drug-likeness (QED) is 0.559. The average molecular weight is 419 g/mol. The Morgan fingerprint density at radius 3 is 1.93 bits per heavy atom. The van der Waals surface area contributed by atoms with Crippen LogP contribution in [0.3, 0.4) is 0 Å². The van der Waals surface area contributed by atoms with Crippen LogP contribution in [0.4, 0.5) is 0 Å². The molecule has 166 valence electrons. The molecule has 6 heteroatoms. The van der Waals surface area contributed by atoms with Crippen molar-refractivity contribution in [2.24, 2.45) is 11.8 Å². The van der Waals surface area contributed by atoms with E-state index in [1.807, 2.05) is 24.3 Å². The molecule has 1 N–H and O–H groups in total. The van der Waals surface area contributed by atoms with Crippen molar-refractivity contribution in [3.63, 3.8) is 0 Å². The van der Waals surface area contributed by atoms with Crippen LogP contribution in [0.5, 0.6) is 0 Å². The Bertz CT molecular complexity index is 767. The first kappa shape index (κ1) is 24.1. The van der Waals surface area contributed by atoms with Crippen molar-refractivity contribution >= 4 is 17.7 Å². The van der Waals surface area contributed by atoms with E-state index in [2.05, 4.69) is 13.8 Å². The molecular weight excluding hydrogens is 384 g/mol. The molecule has 1 aromatic carbocycles. The number of ketones is 1. The third-order valence-corrected chi connectivity index (χ3v) is 5.47. The molecule has 1 saturated carbocycles. The van der Waals surface area contributed by atoms with Crippen LogP contribution in [0.1, 0.15) is 77.8 Å². The Hall–Kier alpha value is -2.21. The van der Waals surface area contributed by atoms with Crippen LogP contribution in [0.25, 0.3) is 0 Å². The maximum atomic E-state index is 13.0. The molecule has 0 aromatic heterocycles. The molecule has 0 heterocycles. The van der Waals surface area contributed by atoms with Gasteiger partial charge in [-0.25, -0.2) is 0 Å². The highest BCUT2D eigenvalue weighted by molar-refractivity contribution is 6.02. The van der Waals surface area contributed by atoms with Crippen molar-refractivity contribution in [1.29, 1.82) is 0 Å². The number of hydrogen-bond acceptors (Lipinski definition) is 6. The highest BCUT2D eigenvalue weighted by atomic mass is 16.5. The van der Waals surface area contributed by atoms with Gasteiger partial charge in [0.05, 0.1) is 23.7 Å². The number of rotatable bonds is 6. The zero-order valence-corrected chi connectivity index (χ0v) is 19.0. The largest absolute Gasteiger partial charge is 0.463 e. The molecule has 0 radical (unpaired) electrons. The Balaban J connectivity index is 2.61. The van der Waals surface area contributed by atoms with E-state index in [9.17, 15) is 19.5 Å². The van der Waals surface area contributed by atoms with Crippen LogP contribution < -0.4 is 0 Å². The smallest absolute Gasteiger partial charge is 0.317 e. The van der Waals surface area contributed by atoms with Gasteiger partial charge in [-0.05, 0) is 51.7 Å². The van der Waals surface area contributed by atoms with Crippen molar-refractivity contribution in [2.75, 3.05) is 0 Å². The SMILES string of the molecule is CC(C)OC(=O)[C@@H]1C(=O)C[C@](C)(O)[C@H](C(=O)OC(C)C)[C@@H]1c1ccc(C(C)C)cc1. The van der Waals surface area contributed by atoms with Gasteiger partial charge in [-0.15, -0.1) is 0 Å². The van der Waals surface area contributed by atoms with Crippen molar-refractivity contribution in [1.82, 2.24) is 0 Å². The lowest BCUT2D eigenvalue weighted by atomic mass is 9.61. The zero-order valence-electron chi connectivity index (χ0n) is 19.0. The molecule has 0 unspecified atom stereocenters. The van der Waals surface area contributed by atoms with E-state index in [1.54, 1.807) is 27.7 Å². The summed E-state index contributed by atoms with van der Waals surface area (Å²) < 4.78 is 10.8. The molecule has 30 heavy (non-hydrogen) atoms. The van der Waals surface area contributed by atoms with Crippen LogP contribution in [0.15, 0.2) is 24.3 Å². The van der Waals surface area contributed by atoms with Crippen molar-refractivity contribution in [3.05, 3.63) is 35.4 Å². The van der Waals surface area contributed by atoms with E-state index >= 15 is 0 Å². The summed E-state index contributed by atoms with van der Waals surface area (Å²) >= 11 is 0. The third-order valence-electron chi connectivity index (χ3n) is 5.47. The summed E-state index contributed by atoms with van der Waals surface area (Å²) in [5, 5.41) is 11.1. The molecule has 0 amide bonds. The lowest BCUT2D eigenvalue weighted by Crippen LogP contribution is -2.55. The maximum Gasteiger partial charge on any atom is 0.317 e. The zero-order chi connectivity index (χ0) is 22.8. The van der Waals surface area contributed by atoms with Gasteiger partial charge in [0.25, 0.3) is 0 Å². The molecule has 0 saturated heterocycles. The molecule has 1 aromatic rings. The minimum Gasteiger partial charge on any atom is -0.463 e. The highest BCUT2D eigenvalue weighted by Crippen LogP contribution is 2.47. The van der Waals surface area contributed by atoms with Crippen LogP contribution in [-0.2, 0) is 23.9 Å². The Kier molecular flexibility index (Phi) is 7.45. The second-order valence-electron chi connectivity index (χ2n) is 9.27. The van der Waals surface area contributed by atoms with Crippen molar-refractivity contribution in [3.8, 4) is 0 Å². The van der Waals surface area contributed by atoms with E-state index in [-0.39, 0.29) is 6.42 Å². The van der Waals surface area contributed by atoms with Gasteiger partial charge >= 0.3 is 11.9 Å². The Labute approximate surface area is 179 Å². The van der Waals surface area contributed by atoms with Gasteiger partial charge in [-0.2, -0.15) is 0 Å². The van der Waals surface area contributed by atoms with Crippen molar-refractivity contribution < 1.29 is 29.0 Å². The number of aliphatic hydroxyl groups is 1. The number of ether oxygens (including phenoxy) is 2. The fraction of sp³-hybridized carbons (Fsp3) is 0.625. The van der Waals surface area contributed by atoms with Crippen LogP contribution in [-0.4, -0.2) is 40.6 Å².